The Morgan fingerprint density at radius 1 is 1.40 bits per heavy atom. The molecular formula is C14H13FN2O2S. The molecule has 0 amide bonds. The second-order valence-electron chi connectivity index (χ2n) is 4.86. The van der Waals surface area contributed by atoms with Crippen LogP contribution in [0.5, 0.6) is 0 Å². The number of thioether (sulfide) groups is 1. The quantitative estimate of drug-likeness (QED) is 0.692. The Hall–Kier alpha value is -1.69. The number of hydrogen-bond donors (Lipinski definition) is 1. The molecule has 0 saturated heterocycles. The van der Waals surface area contributed by atoms with E-state index in [-0.39, 0.29) is 11.6 Å². The summed E-state index contributed by atoms with van der Waals surface area (Å²) in [5.41, 5.74) is 0.677. The van der Waals surface area contributed by atoms with E-state index in [2.05, 4.69) is 9.97 Å². The van der Waals surface area contributed by atoms with Gasteiger partial charge in [0.25, 0.3) is 0 Å². The lowest BCUT2D eigenvalue weighted by atomic mass is 9.85. The van der Waals surface area contributed by atoms with Crippen molar-refractivity contribution in [1.82, 2.24) is 9.97 Å². The second-order valence-corrected chi connectivity index (χ2v) is 5.82. The first-order valence-corrected chi connectivity index (χ1v) is 7.44. The van der Waals surface area contributed by atoms with Crippen LogP contribution < -0.4 is 0 Å². The smallest absolute Gasteiger partial charge is 0.313 e. The molecule has 0 atom stereocenters. The summed E-state index contributed by atoms with van der Waals surface area (Å²) in [4.78, 5) is 19.7. The van der Waals surface area contributed by atoms with E-state index < -0.39 is 5.97 Å². The van der Waals surface area contributed by atoms with E-state index in [1.807, 2.05) is 0 Å². The van der Waals surface area contributed by atoms with E-state index in [1.54, 1.807) is 6.07 Å². The Morgan fingerprint density at radius 3 is 2.85 bits per heavy atom. The predicted octanol–water partition coefficient (Wildman–Crippen LogP) is 3.21. The number of carboxylic acids is 1. The van der Waals surface area contributed by atoms with Gasteiger partial charge < -0.3 is 5.11 Å². The molecule has 0 spiro atoms. The van der Waals surface area contributed by atoms with Crippen LogP contribution in [0.1, 0.15) is 31.0 Å². The maximum absolute atomic E-state index is 13.4. The maximum atomic E-state index is 13.4. The largest absolute Gasteiger partial charge is 0.481 e. The highest BCUT2D eigenvalue weighted by atomic mass is 32.2. The fourth-order valence-corrected chi connectivity index (χ4v) is 2.92. The van der Waals surface area contributed by atoms with Gasteiger partial charge in [-0.15, -0.1) is 0 Å². The minimum absolute atomic E-state index is 0.0905. The molecule has 6 heteroatoms. The van der Waals surface area contributed by atoms with Crippen LogP contribution in [0.2, 0.25) is 0 Å². The third-order valence-electron chi connectivity index (χ3n) is 3.44. The van der Waals surface area contributed by atoms with Crippen molar-refractivity contribution in [2.75, 3.05) is 5.75 Å². The normalized spacial score (nSPS) is 15.2. The molecular weight excluding hydrogens is 279 g/mol. The number of benzene rings is 1. The van der Waals surface area contributed by atoms with Crippen LogP contribution >= 0.6 is 11.8 Å². The minimum atomic E-state index is -0.914. The van der Waals surface area contributed by atoms with Crippen molar-refractivity contribution >= 4 is 28.6 Å². The standard InChI is InChI=1S/C14H13FN2O2S/c15-9-4-5-11-10(6-9)14(20-7-12(18)19)17-13(16-11)8-2-1-3-8/h4-6,8H,1-3,7H2,(H,18,19). The first kappa shape index (κ1) is 13.3. The highest BCUT2D eigenvalue weighted by Gasteiger charge is 2.24. The van der Waals surface area contributed by atoms with Gasteiger partial charge in [-0.05, 0) is 31.0 Å². The Morgan fingerprint density at radius 2 is 2.20 bits per heavy atom. The summed E-state index contributed by atoms with van der Waals surface area (Å²) >= 11 is 1.12. The van der Waals surface area contributed by atoms with Gasteiger partial charge in [0, 0.05) is 11.3 Å². The average molecular weight is 292 g/mol. The number of aromatic nitrogens is 2. The summed E-state index contributed by atoms with van der Waals surface area (Å²) in [6.07, 6.45) is 3.30. The summed E-state index contributed by atoms with van der Waals surface area (Å²) in [5, 5.41) is 9.94. The van der Waals surface area contributed by atoms with Crippen molar-refractivity contribution < 1.29 is 14.3 Å². The van der Waals surface area contributed by atoms with Crippen molar-refractivity contribution in [2.24, 2.45) is 0 Å². The van der Waals surface area contributed by atoms with Gasteiger partial charge in [0.15, 0.2) is 0 Å². The van der Waals surface area contributed by atoms with Crippen molar-refractivity contribution in [2.45, 2.75) is 30.2 Å². The lowest BCUT2D eigenvalue weighted by molar-refractivity contribution is -0.133. The molecule has 1 heterocycles. The van der Waals surface area contributed by atoms with Gasteiger partial charge in [0.2, 0.25) is 0 Å². The molecule has 1 saturated carbocycles. The highest BCUT2D eigenvalue weighted by molar-refractivity contribution is 8.00. The molecule has 0 radical (unpaired) electrons. The van der Waals surface area contributed by atoms with Gasteiger partial charge in [-0.2, -0.15) is 0 Å². The Bertz CT molecular complexity index is 674. The number of carbonyl (C=O) groups is 1. The van der Waals surface area contributed by atoms with Gasteiger partial charge in [0.1, 0.15) is 16.7 Å². The van der Waals surface area contributed by atoms with Crippen molar-refractivity contribution in [1.29, 1.82) is 0 Å². The molecule has 0 unspecified atom stereocenters. The second kappa shape index (κ2) is 5.36. The van der Waals surface area contributed by atoms with Gasteiger partial charge >= 0.3 is 5.97 Å². The van der Waals surface area contributed by atoms with Crippen molar-refractivity contribution in [3.63, 3.8) is 0 Å². The molecule has 104 valence electrons. The van der Waals surface area contributed by atoms with Gasteiger partial charge in [-0.3, -0.25) is 4.79 Å². The molecule has 0 bridgehead atoms. The van der Waals surface area contributed by atoms with Crippen LogP contribution in [-0.4, -0.2) is 26.8 Å². The number of fused-ring (bicyclic) bond motifs is 1. The number of nitrogens with zero attached hydrogens (tertiary/aromatic N) is 2. The molecule has 20 heavy (non-hydrogen) atoms. The molecule has 1 aliphatic carbocycles. The molecule has 1 aromatic carbocycles. The lowest BCUT2D eigenvalue weighted by Gasteiger charge is -2.24. The van der Waals surface area contributed by atoms with E-state index in [9.17, 15) is 9.18 Å². The fourth-order valence-electron chi connectivity index (χ4n) is 2.18. The average Bonchev–Trinajstić information content (AvgIpc) is 2.34. The Labute approximate surface area is 119 Å². The summed E-state index contributed by atoms with van der Waals surface area (Å²) in [6.45, 7) is 0. The van der Waals surface area contributed by atoms with Crippen LogP contribution in [0, 0.1) is 5.82 Å². The molecule has 1 N–H and O–H groups in total. The maximum Gasteiger partial charge on any atom is 0.313 e. The summed E-state index contributed by atoms with van der Waals surface area (Å²) in [5.74, 6) is -0.262. The molecule has 2 aromatic rings. The zero-order chi connectivity index (χ0) is 14.1. The van der Waals surface area contributed by atoms with Gasteiger partial charge in [0.05, 0.1) is 11.3 Å². The topological polar surface area (TPSA) is 63.1 Å². The predicted molar refractivity (Wildman–Crippen MR) is 74.4 cm³/mol. The van der Waals surface area contributed by atoms with Crippen LogP contribution in [0.25, 0.3) is 10.9 Å². The zero-order valence-corrected chi connectivity index (χ0v) is 11.5. The van der Waals surface area contributed by atoms with Crippen LogP contribution in [-0.2, 0) is 4.79 Å². The molecule has 1 aromatic heterocycles. The van der Waals surface area contributed by atoms with Gasteiger partial charge in [-0.25, -0.2) is 14.4 Å². The van der Waals surface area contributed by atoms with Crippen LogP contribution in [0.3, 0.4) is 0 Å². The van der Waals surface area contributed by atoms with E-state index in [4.69, 9.17) is 5.11 Å². The minimum Gasteiger partial charge on any atom is -0.481 e. The molecule has 1 aliphatic rings. The monoisotopic (exact) mass is 292 g/mol. The third kappa shape index (κ3) is 2.60. The zero-order valence-electron chi connectivity index (χ0n) is 10.7. The molecule has 0 aliphatic heterocycles. The molecule has 1 fully saturated rings. The van der Waals surface area contributed by atoms with E-state index in [0.717, 1.165) is 30.4 Å². The van der Waals surface area contributed by atoms with E-state index in [0.29, 0.717) is 21.8 Å². The SMILES string of the molecule is O=C(O)CSc1nc(C2CCC2)nc2ccc(F)cc12. The number of rotatable bonds is 4. The summed E-state index contributed by atoms with van der Waals surface area (Å²) in [7, 11) is 0. The van der Waals surface area contributed by atoms with Crippen LogP contribution in [0.4, 0.5) is 4.39 Å². The van der Waals surface area contributed by atoms with E-state index >= 15 is 0 Å². The van der Waals surface area contributed by atoms with Crippen molar-refractivity contribution in [3.8, 4) is 0 Å². The third-order valence-corrected chi connectivity index (χ3v) is 4.42. The fraction of sp³-hybridized carbons (Fsp3) is 0.357. The van der Waals surface area contributed by atoms with Crippen molar-refractivity contribution in [3.05, 3.63) is 29.8 Å². The summed E-state index contributed by atoms with van der Waals surface area (Å²) < 4.78 is 13.4. The van der Waals surface area contributed by atoms with Crippen LogP contribution in [0.15, 0.2) is 23.2 Å². The number of aliphatic carboxylic acids is 1. The highest BCUT2D eigenvalue weighted by Crippen LogP contribution is 2.36. The van der Waals surface area contributed by atoms with Gasteiger partial charge in [-0.1, -0.05) is 18.2 Å². The summed E-state index contributed by atoms with van der Waals surface area (Å²) in [6, 6.07) is 4.36. The lowest BCUT2D eigenvalue weighted by Crippen LogP contribution is -2.13. The first-order valence-electron chi connectivity index (χ1n) is 6.45. The Kier molecular flexibility index (Phi) is 3.56. The van der Waals surface area contributed by atoms with E-state index in [1.165, 1.54) is 18.6 Å². The number of halogens is 1. The Balaban J connectivity index is 2.06. The number of carboxylic acid groups (broad SMARTS) is 1. The first-order chi connectivity index (χ1) is 9.63. The molecule has 4 nitrogen and oxygen atoms in total. The number of hydrogen-bond acceptors (Lipinski definition) is 4. The molecule has 3 rings (SSSR count).